The van der Waals surface area contributed by atoms with Crippen molar-refractivity contribution in [3.05, 3.63) is 89.3 Å². The monoisotopic (exact) mass is 425 g/mol. The van der Waals surface area contributed by atoms with E-state index in [9.17, 15) is 13.2 Å². The molecule has 158 valence electrons. The molecule has 2 aromatic carbocycles. The lowest BCUT2D eigenvalue weighted by Crippen LogP contribution is -2.34. The molecule has 0 bridgehead atoms. The highest BCUT2D eigenvalue weighted by molar-refractivity contribution is 7.89. The van der Waals surface area contributed by atoms with Crippen LogP contribution in [-0.4, -0.2) is 18.7 Å². The Kier molecular flexibility index (Phi) is 5.90. The van der Waals surface area contributed by atoms with Gasteiger partial charge in [-0.15, -0.1) is 0 Å². The topological polar surface area (TPSA) is 63.7 Å². The summed E-state index contributed by atoms with van der Waals surface area (Å²) in [5, 5.41) is 0. The zero-order valence-corrected chi connectivity index (χ0v) is 18.7. The largest absolute Gasteiger partial charge is 0.425 e. The van der Waals surface area contributed by atoms with Crippen LogP contribution >= 0.6 is 0 Å². The van der Waals surface area contributed by atoms with Gasteiger partial charge in [-0.1, -0.05) is 48.0 Å². The average Bonchev–Trinajstić information content (AvgIpc) is 2.68. The Bertz CT molecular complexity index is 1090. The lowest BCUT2D eigenvalue weighted by molar-refractivity contribution is -0.148. The molecule has 30 heavy (non-hydrogen) atoms. The first-order chi connectivity index (χ1) is 14.0. The van der Waals surface area contributed by atoms with E-state index in [-0.39, 0.29) is 10.7 Å². The number of nitrogens with zero attached hydrogens (tertiary/aromatic N) is 1. The Hall–Kier alpha value is -2.86. The molecule has 0 saturated carbocycles. The van der Waals surface area contributed by atoms with E-state index in [0.717, 1.165) is 16.7 Å². The molecule has 1 aliphatic heterocycles. The second kappa shape index (κ2) is 8.11. The normalized spacial score (nSPS) is 17.2. The first kappa shape index (κ1) is 21.8. The third-order valence-electron chi connectivity index (χ3n) is 4.84. The Balaban J connectivity index is 2.10. The molecule has 6 heteroatoms. The predicted octanol–water partition coefficient (Wildman–Crippen LogP) is 5.12. The Morgan fingerprint density at radius 2 is 1.57 bits per heavy atom. The van der Waals surface area contributed by atoms with Crippen LogP contribution in [0.25, 0.3) is 0 Å². The SMILES string of the molecule is CC1=CC(OC(=O)C(C)(C)C)=CN(S(=O)(=O)c2ccc(C)cc2)C1c1ccccc1. The first-order valence-corrected chi connectivity index (χ1v) is 11.2. The van der Waals surface area contributed by atoms with Crippen molar-refractivity contribution in [1.82, 2.24) is 4.31 Å². The van der Waals surface area contributed by atoms with E-state index in [1.807, 2.05) is 44.2 Å². The van der Waals surface area contributed by atoms with Gasteiger partial charge >= 0.3 is 5.97 Å². The van der Waals surface area contributed by atoms with E-state index in [1.165, 1.54) is 10.5 Å². The molecule has 0 radical (unpaired) electrons. The van der Waals surface area contributed by atoms with Gasteiger partial charge in [0.25, 0.3) is 10.0 Å². The van der Waals surface area contributed by atoms with Gasteiger partial charge in [0, 0.05) is 0 Å². The van der Waals surface area contributed by atoms with Crippen molar-refractivity contribution >= 4 is 16.0 Å². The minimum atomic E-state index is -3.89. The van der Waals surface area contributed by atoms with Gasteiger partial charge in [-0.2, -0.15) is 0 Å². The molecule has 1 heterocycles. The highest BCUT2D eigenvalue weighted by atomic mass is 32.2. The number of carbonyl (C=O) groups excluding carboxylic acids is 1. The van der Waals surface area contributed by atoms with Gasteiger partial charge in [0.05, 0.1) is 22.6 Å². The molecule has 5 nitrogen and oxygen atoms in total. The molecule has 2 aromatic rings. The molecule has 1 unspecified atom stereocenters. The Labute approximate surface area is 178 Å². The Morgan fingerprint density at radius 3 is 2.13 bits per heavy atom. The number of carbonyl (C=O) groups is 1. The summed E-state index contributed by atoms with van der Waals surface area (Å²) in [7, 11) is -3.89. The van der Waals surface area contributed by atoms with Crippen LogP contribution in [0.4, 0.5) is 0 Å². The number of hydrogen-bond donors (Lipinski definition) is 0. The summed E-state index contributed by atoms with van der Waals surface area (Å²) in [6.07, 6.45) is 3.13. The Morgan fingerprint density at radius 1 is 0.967 bits per heavy atom. The van der Waals surface area contributed by atoms with Crippen LogP contribution in [0.15, 0.2) is 83.1 Å². The molecule has 0 N–H and O–H groups in total. The van der Waals surface area contributed by atoms with Crippen LogP contribution in [0.2, 0.25) is 0 Å². The zero-order valence-electron chi connectivity index (χ0n) is 17.9. The van der Waals surface area contributed by atoms with Crippen molar-refractivity contribution in [1.29, 1.82) is 0 Å². The van der Waals surface area contributed by atoms with E-state index < -0.39 is 27.4 Å². The van der Waals surface area contributed by atoms with Gasteiger partial charge in [-0.3, -0.25) is 9.10 Å². The van der Waals surface area contributed by atoms with Gasteiger partial charge in [0.1, 0.15) is 5.76 Å². The van der Waals surface area contributed by atoms with Gasteiger partial charge in [-0.05, 0) is 64.0 Å². The lowest BCUT2D eigenvalue weighted by Gasteiger charge is -2.34. The third kappa shape index (κ3) is 4.49. The van der Waals surface area contributed by atoms with Crippen molar-refractivity contribution in [2.75, 3.05) is 0 Å². The second-order valence-corrected chi connectivity index (χ2v) is 10.4. The van der Waals surface area contributed by atoms with Crippen LogP contribution in [0.1, 0.15) is 44.9 Å². The van der Waals surface area contributed by atoms with E-state index in [2.05, 4.69) is 0 Å². The molecule has 0 aromatic heterocycles. The van der Waals surface area contributed by atoms with Crippen molar-refractivity contribution < 1.29 is 17.9 Å². The molecule has 1 atom stereocenters. The number of ether oxygens (including phenoxy) is 1. The summed E-state index contributed by atoms with van der Waals surface area (Å²) in [5.41, 5.74) is 1.86. The van der Waals surface area contributed by atoms with Crippen LogP contribution in [0, 0.1) is 12.3 Å². The summed E-state index contributed by atoms with van der Waals surface area (Å²) in [6, 6.07) is 15.6. The maximum atomic E-state index is 13.6. The summed E-state index contributed by atoms with van der Waals surface area (Å²) in [4.78, 5) is 12.6. The summed E-state index contributed by atoms with van der Waals surface area (Å²) < 4.78 is 34.0. The van der Waals surface area contributed by atoms with Crippen LogP contribution in [-0.2, 0) is 19.6 Å². The molecule has 0 saturated heterocycles. The number of benzene rings is 2. The summed E-state index contributed by atoms with van der Waals surface area (Å²) >= 11 is 0. The molecule has 0 fully saturated rings. The summed E-state index contributed by atoms with van der Waals surface area (Å²) in [5.74, 6) is -0.223. The smallest absolute Gasteiger partial charge is 0.316 e. The van der Waals surface area contributed by atoms with E-state index >= 15 is 0 Å². The number of hydrogen-bond acceptors (Lipinski definition) is 4. The zero-order chi connectivity index (χ0) is 22.1. The van der Waals surface area contributed by atoms with E-state index in [0.29, 0.717) is 0 Å². The number of allylic oxidation sites excluding steroid dienone is 1. The fourth-order valence-corrected chi connectivity index (χ4v) is 4.67. The maximum Gasteiger partial charge on any atom is 0.316 e. The van der Waals surface area contributed by atoms with Gasteiger partial charge in [0.2, 0.25) is 0 Å². The first-order valence-electron chi connectivity index (χ1n) is 9.77. The average molecular weight is 426 g/mol. The number of sulfonamides is 1. The van der Waals surface area contributed by atoms with Crippen LogP contribution in [0.5, 0.6) is 0 Å². The predicted molar refractivity (Wildman–Crippen MR) is 117 cm³/mol. The van der Waals surface area contributed by atoms with Gasteiger partial charge in [-0.25, -0.2) is 8.42 Å². The molecular weight excluding hydrogens is 398 g/mol. The van der Waals surface area contributed by atoms with Crippen LogP contribution < -0.4 is 0 Å². The second-order valence-electron chi connectivity index (χ2n) is 8.52. The highest BCUT2D eigenvalue weighted by Gasteiger charge is 2.35. The molecule has 1 aliphatic rings. The minimum absolute atomic E-state index is 0.182. The van der Waals surface area contributed by atoms with E-state index in [4.69, 9.17) is 4.74 Å². The third-order valence-corrected chi connectivity index (χ3v) is 6.58. The summed E-state index contributed by atoms with van der Waals surface area (Å²) in [6.45, 7) is 9.00. The standard InChI is InChI=1S/C24H27NO4S/c1-17-11-13-21(14-12-17)30(27,28)25-16-20(29-23(26)24(3,4)5)15-18(2)22(25)19-9-7-6-8-10-19/h6-16,22H,1-5H3. The van der Waals surface area contributed by atoms with Crippen molar-refractivity contribution in [2.24, 2.45) is 5.41 Å². The van der Waals surface area contributed by atoms with Crippen molar-refractivity contribution in [2.45, 2.75) is 45.6 Å². The lowest BCUT2D eigenvalue weighted by atomic mass is 9.96. The number of aryl methyl sites for hydroxylation is 1. The maximum absolute atomic E-state index is 13.6. The fraction of sp³-hybridized carbons (Fsp3) is 0.292. The van der Waals surface area contributed by atoms with Crippen molar-refractivity contribution in [3.63, 3.8) is 0 Å². The molecule has 3 rings (SSSR count). The molecular formula is C24H27NO4S. The molecule has 0 amide bonds. The number of rotatable bonds is 4. The fourth-order valence-electron chi connectivity index (χ4n) is 3.14. The van der Waals surface area contributed by atoms with E-state index in [1.54, 1.807) is 51.1 Å². The van der Waals surface area contributed by atoms with Gasteiger partial charge in [0.15, 0.2) is 0 Å². The number of esters is 1. The van der Waals surface area contributed by atoms with Crippen molar-refractivity contribution in [3.8, 4) is 0 Å². The molecule has 0 spiro atoms. The minimum Gasteiger partial charge on any atom is -0.425 e. The van der Waals surface area contributed by atoms with Crippen LogP contribution in [0.3, 0.4) is 0 Å². The quantitative estimate of drug-likeness (QED) is 0.638. The highest BCUT2D eigenvalue weighted by Crippen LogP contribution is 2.38. The van der Waals surface area contributed by atoms with Gasteiger partial charge < -0.3 is 4.74 Å². The molecule has 0 aliphatic carbocycles.